The number of hydrogen-bond donors (Lipinski definition) is 1. The Morgan fingerprint density at radius 3 is 2.59 bits per heavy atom. The fraction of sp³-hybridized carbons (Fsp3) is 0.364. The molecule has 0 aliphatic heterocycles. The molecule has 1 aromatic heterocycles. The van der Waals surface area contributed by atoms with Crippen molar-refractivity contribution < 1.29 is 14.6 Å². The van der Waals surface area contributed by atoms with Crippen LogP contribution in [-0.4, -0.2) is 27.2 Å². The predicted molar refractivity (Wildman–Crippen MR) is 105 cm³/mol. The van der Waals surface area contributed by atoms with Gasteiger partial charge in [0, 0.05) is 11.6 Å². The number of fused-ring (bicyclic) bond motifs is 1. The number of carbonyl (C=O) groups excluding carboxylic acids is 1. The number of imidazole rings is 1. The second-order valence-electron chi connectivity index (χ2n) is 7.07. The van der Waals surface area contributed by atoms with E-state index in [-0.39, 0.29) is 11.7 Å². The summed E-state index contributed by atoms with van der Waals surface area (Å²) in [7, 11) is 0. The first-order chi connectivity index (χ1) is 13.2. The zero-order chi connectivity index (χ0) is 18.8. The molecule has 5 heteroatoms. The van der Waals surface area contributed by atoms with E-state index in [0.717, 1.165) is 35.3 Å². The monoisotopic (exact) mass is 364 g/mol. The molecule has 0 bridgehead atoms. The van der Waals surface area contributed by atoms with Gasteiger partial charge in [-0.05, 0) is 62.2 Å². The first-order valence-electron chi connectivity index (χ1n) is 9.66. The van der Waals surface area contributed by atoms with E-state index >= 15 is 0 Å². The van der Waals surface area contributed by atoms with Crippen molar-refractivity contribution in [3.8, 4) is 17.1 Å². The molecule has 1 aliphatic rings. The highest BCUT2D eigenvalue weighted by Gasteiger charge is 2.23. The van der Waals surface area contributed by atoms with Crippen molar-refractivity contribution in [2.45, 2.75) is 45.1 Å². The van der Waals surface area contributed by atoms with E-state index in [2.05, 4.69) is 4.57 Å². The van der Waals surface area contributed by atoms with E-state index in [9.17, 15) is 9.90 Å². The summed E-state index contributed by atoms with van der Waals surface area (Å²) in [4.78, 5) is 17.0. The van der Waals surface area contributed by atoms with E-state index in [1.807, 2.05) is 30.3 Å². The van der Waals surface area contributed by atoms with Crippen molar-refractivity contribution in [2.75, 3.05) is 6.61 Å². The van der Waals surface area contributed by atoms with Crippen molar-refractivity contribution in [2.24, 2.45) is 0 Å². The predicted octanol–water partition coefficient (Wildman–Crippen LogP) is 5.09. The number of ether oxygens (including phenoxy) is 1. The SMILES string of the molecule is CCOC(=O)c1ccc2c(c1)nc(-c1ccc(O)cc1)n2C1CCCCC1. The third kappa shape index (κ3) is 3.42. The molecule has 1 saturated carbocycles. The average molecular weight is 364 g/mol. The van der Waals surface area contributed by atoms with Gasteiger partial charge in [0.25, 0.3) is 0 Å². The maximum Gasteiger partial charge on any atom is 0.338 e. The summed E-state index contributed by atoms with van der Waals surface area (Å²) < 4.78 is 7.44. The second-order valence-corrected chi connectivity index (χ2v) is 7.07. The Balaban J connectivity index is 1.85. The lowest BCUT2D eigenvalue weighted by atomic mass is 9.95. The van der Waals surface area contributed by atoms with Crippen molar-refractivity contribution in [1.29, 1.82) is 0 Å². The van der Waals surface area contributed by atoms with Gasteiger partial charge >= 0.3 is 5.97 Å². The number of aromatic nitrogens is 2. The summed E-state index contributed by atoms with van der Waals surface area (Å²) in [6, 6.07) is 13.2. The molecule has 0 saturated heterocycles. The Hall–Kier alpha value is -2.82. The Bertz CT molecular complexity index is 954. The summed E-state index contributed by atoms with van der Waals surface area (Å²) in [6.45, 7) is 2.16. The molecule has 2 aromatic carbocycles. The molecular formula is C22H24N2O3. The minimum atomic E-state index is -0.321. The van der Waals surface area contributed by atoms with Crippen molar-refractivity contribution in [1.82, 2.24) is 9.55 Å². The highest BCUT2D eigenvalue weighted by molar-refractivity contribution is 5.94. The minimum Gasteiger partial charge on any atom is -0.508 e. The standard InChI is InChI=1S/C22H24N2O3/c1-2-27-22(26)16-10-13-20-19(14-16)23-21(15-8-11-18(25)12-9-15)24(20)17-6-4-3-5-7-17/h8-14,17,25H,2-7H2,1H3. The summed E-state index contributed by atoms with van der Waals surface area (Å²) in [6.07, 6.45) is 6.00. The molecule has 1 aliphatic carbocycles. The summed E-state index contributed by atoms with van der Waals surface area (Å²) >= 11 is 0. The van der Waals surface area contributed by atoms with E-state index in [4.69, 9.17) is 9.72 Å². The average Bonchev–Trinajstić information content (AvgIpc) is 3.08. The van der Waals surface area contributed by atoms with Crippen LogP contribution in [0.5, 0.6) is 5.75 Å². The largest absolute Gasteiger partial charge is 0.508 e. The topological polar surface area (TPSA) is 64.3 Å². The molecule has 27 heavy (non-hydrogen) atoms. The third-order valence-corrected chi connectivity index (χ3v) is 5.27. The number of carbonyl (C=O) groups is 1. The Morgan fingerprint density at radius 2 is 1.89 bits per heavy atom. The van der Waals surface area contributed by atoms with Crippen LogP contribution in [0, 0.1) is 0 Å². The number of esters is 1. The molecule has 1 fully saturated rings. The fourth-order valence-corrected chi connectivity index (χ4v) is 3.96. The van der Waals surface area contributed by atoms with Gasteiger partial charge in [-0.15, -0.1) is 0 Å². The van der Waals surface area contributed by atoms with Crippen molar-refractivity contribution in [3.63, 3.8) is 0 Å². The van der Waals surface area contributed by atoms with Gasteiger partial charge in [0.05, 0.1) is 23.2 Å². The molecule has 0 spiro atoms. The molecule has 0 amide bonds. The molecule has 0 unspecified atom stereocenters. The van der Waals surface area contributed by atoms with E-state index in [1.54, 1.807) is 19.1 Å². The van der Waals surface area contributed by atoms with Gasteiger partial charge < -0.3 is 14.4 Å². The van der Waals surface area contributed by atoms with E-state index in [0.29, 0.717) is 18.2 Å². The van der Waals surface area contributed by atoms with Gasteiger partial charge in [0.15, 0.2) is 0 Å². The molecule has 1 heterocycles. The van der Waals surface area contributed by atoms with Crippen molar-refractivity contribution in [3.05, 3.63) is 48.0 Å². The Labute approximate surface area is 158 Å². The van der Waals surface area contributed by atoms with Gasteiger partial charge in [-0.3, -0.25) is 0 Å². The molecule has 0 radical (unpaired) electrons. The summed E-state index contributed by atoms with van der Waals surface area (Å²) in [5, 5.41) is 9.63. The van der Waals surface area contributed by atoms with Gasteiger partial charge in [-0.2, -0.15) is 0 Å². The third-order valence-electron chi connectivity index (χ3n) is 5.27. The lowest BCUT2D eigenvalue weighted by molar-refractivity contribution is 0.0526. The minimum absolute atomic E-state index is 0.240. The lowest BCUT2D eigenvalue weighted by Gasteiger charge is -2.25. The molecule has 0 atom stereocenters. The van der Waals surface area contributed by atoms with E-state index in [1.165, 1.54) is 19.3 Å². The van der Waals surface area contributed by atoms with Crippen LogP contribution >= 0.6 is 0 Å². The Kier molecular flexibility index (Phi) is 4.84. The number of phenols is 1. The number of benzene rings is 2. The van der Waals surface area contributed by atoms with Gasteiger partial charge in [-0.25, -0.2) is 9.78 Å². The van der Waals surface area contributed by atoms with E-state index < -0.39 is 0 Å². The maximum atomic E-state index is 12.1. The molecule has 4 rings (SSSR count). The second kappa shape index (κ2) is 7.43. The van der Waals surface area contributed by atoms with Gasteiger partial charge in [0.2, 0.25) is 0 Å². The quantitative estimate of drug-likeness (QED) is 0.655. The van der Waals surface area contributed by atoms with Crippen LogP contribution in [-0.2, 0) is 4.74 Å². The molecule has 3 aromatic rings. The number of hydrogen-bond acceptors (Lipinski definition) is 4. The van der Waals surface area contributed by atoms with Crippen molar-refractivity contribution >= 4 is 17.0 Å². The summed E-state index contributed by atoms with van der Waals surface area (Å²) in [5.74, 6) is 0.805. The highest BCUT2D eigenvalue weighted by atomic mass is 16.5. The summed E-state index contributed by atoms with van der Waals surface area (Å²) in [5.41, 5.74) is 3.33. The van der Waals surface area contributed by atoms with Crippen LogP contribution in [0.3, 0.4) is 0 Å². The van der Waals surface area contributed by atoms with Crippen LogP contribution in [0.15, 0.2) is 42.5 Å². The van der Waals surface area contributed by atoms with Crippen LogP contribution in [0.25, 0.3) is 22.4 Å². The zero-order valence-electron chi connectivity index (χ0n) is 15.5. The molecule has 1 N–H and O–H groups in total. The first kappa shape index (κ1) is 17.6. The van der Waals surface area contributed by atoms with Crippen LogP contribution in [0.4, 0.5) is 0 Å². The molecule has 140 valence electrons. The zero-order valence-corrected chi connectivity index (χ0v) is 15.5. The number of rotatable bonds is 4. The van der Waals surface area contributed by atoms with Crippen LogP contribution in [0.1, 0.15) is 55.4 Å². The Morgan fingerprint density at radius 1 is 1.15 bits per heavy atom. The van der Waals surface area contributed by atoms with Crippen LogP contribution in [0.2, 0.25) is 0 Å². The normalized spacial score (nSPS) is 15.1. The number of nitrogens with zero attached hydrogens (tertiary/aromatic N) is 2. The molecular weight excluding hydrogens is 340 g/mol. The maximum absolute atomic E-state index is 12.1. The first-order valence-corrected chi connectivity index (χ1v) is 9.66. The smallest absolute Gasteiger partial charge is 0.338 e. The van der Waals surface area contributed by atoms with Gasteiger partial charge in [0.1, 0.15) is 11.6 Å². The lowest BCUT2D eigenvalue weighted by Crippen LogP contribution is -2.14. The van der Waals surface area contributed by atoms with Gasteiger partial charge in [-0.1, -0.05) is 19.3 Å². The fourth-order valence-electron chi connectivity index (χ4n) is 3.96. The highest BCUT2D eigenvalue weighted by Crippen LogP contribution is 2.36. The number of aromatic hydroxyl groups is 1. The van der Waals surface area contributed by atoms with Crippen LogP contribution < -0.4 is 0 Å². The number of phenolic OH excluding ortho intramolecular Hbond substituents is 1. The molecule has 5 nitrogen and oxygen atoms in total.